The van der Waals surface area contributed by atoms with Crippen LogP contribution in [0.3, 0.4) is 0 Å². The molecule has 0 aromatic carbocycles. The first-order valence-corrected chi connectivity index (χ1v) is 6.80. The van der Waals surface area contributed by atoms with Crippen molar-refractivity contribution in [2.24, 2.45) is 12.8 Å². The van der Waals surface area contributed by atoms with Crippen LogP contribution in [0.25, 0.3) is 0 Å². The minimum Gasteiger partial charge on any atom is -0.377 e. The summed E-state index contributed by atoms with van der Waals surface area (Å²) in [5, 5.41) is 0. The van der Waals surface area contributed by atoms with E-state index in [4.69, 9.17) is 10.5 Å². The Hall–Kier alpha value is -0.910. The first-order chi connectivity index (χ1) is 8.79. The summed E-state index contributed by atoms with van der Waals surface area (Å²) in [7, 11) is 2.05. The third kappa shape index (κ3) is 3.80. The summed E-state index contributed by atoms with van der Waals surface area (Å²) in [6.07, 6.45) is 7.56. The highest BCUT2D eigenvalue weighted by atomic mass is 16.5. The topological polar surface area (TPSA) is 56.3 Å². The van der Waals surface area contributed by atoms with Gasteiger partial charge in [0, 0.05) is 52.0 Å². The molecule has 0 saturated carbocycles. The highest BCUT2D eigenvalue weighted by Crippen LogP contribution is 2.13. The number of nitrogens with zero attached hydrogens (tertiary/aromatic N) is 3. The second-order valence-electron chi connectivity index (χ2n) is 4.90. The molecule has 0 bridgehead atoms. The van der Waals surface area contributed by atoms with Crippen molar-refractivity contribution < 1.29 is 4.74 Å². The van der Waals surface area contributed by atoms with Crippen molar-refractivity contribution in [1.29, 1.82) is 0 Å². The number of imidazole rings is 1. The van der Waals surface area contributed by atoms with Crippen molar-refractivity contribution in [3.8, 4) is 0 Å². The number of ether oxygens (including phenoxy) is 1. The molecule has 2 rings (SSSR count). The molecule has 1 aliphatic rings. The first-order valence-electron chi connectivity index (χ1n) is 6.80. The van der Waals surface area contributed by atoms with Crippen LogP contribution in [0, 0.1) is 0 Å². The summed E-state index contributed by atoms with van der Waals surface area (Å²) in [6, 6.07) is 0. The van der Waals surface area contributed by atoms with Crippen molar-refractivity contribution in [2.75, 3.05) is 32.8 Å². The smallest absolute Gasteiger partial charge is 0.109 e. The predicted octanol–water partition coefficient (Wildman–Crippen LogP) is 0.402. The van der Waals surface area contributed by atoms with E-state index in [2.05, 4.69) is 21.5 Å². The lowest BCUT2D eigenvalue weighted by Gasteiger charge is -2.31. The van der Waals surface area contributed by atoms with Gasteiger partial charge in [0.1, 0.15) is 5.82 Å². The molecule has 0 radical (unpaired) electrons. The summed E-state index contributed by atoms with van der Waals surface area (Å²) in [4.78, 5) is 6.85. The van der Waals surface area contributed by atoms with E-state index < -0.39 is 0 Å². The molecule has 1 fully saturated rings. The number of piperidine rings is 1. The van der Waals surface area contributed by atoms with Crippen LogP contribution in [-0.4, -0.2) is 53.3 Å². The van der Waals surface area contributed by atoms with Gasteiger partial charge in [-0.2, -0.15) is 0 Å². The van der Waals surface area contributed by atoms with Crippen molar-refractivity contribution in [3.05, 3.63) is 18.2 Å². The molecule has 0 atom stereocenters. The molecule has 0 amide bonds. The van der Waals surface area contributed by atoms with Crippen LogP contribution >= 0.6 is 0 Å². The van der Waals surface area contributed by atoms with Crippen LogP contribution in [0.1, 0.15) is 18.7 Å². The van der Waals surface area contributed by atoms with E-state index in [1.165, 1.54) is 0 Å². The summed E-state index contributed by atoms with van der Waals surface area (Å²) in [5.74, 6) is 1.16. The standard InChI is InChI=1S/C13H24N4O/c1-16-10-6-15-13(16)4-9-17-7-2-12(3-8-17)18-11-5-14/h6,10,12H,2-5,7-9,11,14H2,1H3. The zero-order valence-corrected chi connectivity index (χ0v) is 11.2. The van der Waals surface area contributed by atoms with Crippen molar-refractivity contribution in [3.63, 3.8) is 0 Å². The largest absolute Gasteiger partial charge is 0.377 e. The maximum Gasteiger partial charge on any atom is 0.109 e. The second-order valence-corrected chi connectivity index (χ2v) is 4.90. The molecular weight excluding hydrogens is 228 g/mol. The third-order valence-corrected chi connectivity index (χ3v) is 3.58. The molecule has 1 aromatic rings. The maximum atomic E-state index is 5.68. The number of aromatic nitrogens is 2. The zero-order valence-electron chi connectivity index (χ0n) is 11.2. The van der Waals surface area contributed by atoms with Gasteiger partial charge in [0.05, 0.1) is 12.7 Å². The Morgan fingerprint density at radius 2 is 2.22 bits per heavy atom. The average molecular weight is 252 g/mol. The molecule has 2 heterocycles. The molecule has 5 heteroatoms. The van der Waals surface area contributed by atoms with E-state index in [0.29, 0.717) is 19.3 Å². The van der Waals surface area contributed by atoms with Crippen molar-refractivity contribution >= 4 is 0 Å². The molecule has 102 valence electrons. The molecule has 1 aromatic heterocycles. The van der Waals surface area contributed by atoms with Crippen LogP contribution in [0.2, 0.25) is 0 Å². The SMILES string of the molecule is Cn1ccnc1CCN1CCC(OCCN)CC1. The van der Waals surface area contributed by atoms with Crippen LogP contribution in [-0.2, 0) is 18.2 Å². The molecule has 0 spiro atoms. The van der Waals surface area contributed by atoms with Gasteiger partial charge >= 0.3 is 0 Å². The minimum absolute atomic E-state index is 0.415. The lowest BCUT2D eigenvalue weighted by Crippen LogP contribution is -2.38. The fraction of sp³-hybridized carbons (Fsp3) is 0.769. The highest BCUT2D eigenvalue weighted by Gasteiger charge is 2.19. The van der Waals surface area contributed by atoms with Gasteiger partial charge in [-0.25, -0.2) is 4.98 Å². The summed E-state index contributed by atoms with van der Waals surface area (Å²) in [6.45, 7) is 4.66. The van der Waals surface area contributed by atoms with Gasteiger partial charge in [-0.05, 0) is 12.8 Å². The molecule has 0 aliphatic carbocycles. The summed E-state index contributed by atoms with van der Waals surface area (Å²) in [5.41, 5.74) is 5.44. The molecule has 1 aliphatic heterocycles. The van der Waals surface area contributed by atoms with E-state index in [0.717, 1.165) is 44.7 Å². The normalized spacial score (nSPS) is 18.3. The fourth-order valence-corrected chi connectivity index (χ4v) is 2.43. The Balaban J connectivity index is 1.66. The number of nitrogens with two attached hydrogens (primary N) is 1. The average Bonchev–Trinajstić information content (AvgIpc) is 2.81. The Labute approximate surface area is 109 Å². The molecule has 1 saturated heterocycles. The third-order valence-electron chi connectivity index (χ3n) is 3.58. The minimum atomic E-state index is 0.415. The molecule has 0 unspecified atom stereocenters. The monoisotopic (exact) mass is 252 g/mol. The van der Waals surface area contributed by atoms with Gasteiger partial charge in [-0.1, -0.05) is 0 Å². The van der Waals surface area contributed by atoms with Crippen molar-refractivity contribution in [2.45, 2.75) is 25.4 Å². The quantitative estimate of drug-likeness (QED) is 0.796. The number of rotatable bonds is 6. The Bertz CT molecular complexity index is 345. The second kappa shape index (κ2) is 6.87. The zero-order chi connectivity index (χ0) is 12.8. The Morgan fingerprint density at radius 3 is 2.83 bits per heavy atom. The molecular formula is C13H24N4O. The molecule has 18 heavy (non-hydrogen) atoms. The van der Waals surface area contributed by atoms with Crippen LogP contribution in [0.5, 0.6) is 0 Å². The summed E-state index contributed by atoms with van der Waals surface area (Å²) < 4.78 is 7.78. The Kier molecular flexibility index (Phi) is 5.16. The van der Waals surface area contributed by atoms with E-state index in [-0.39, 0.29) is 0 Å². The van der Waals surface area contributed by atoms with Gasteiger partial charge < -0.3 is 19.9 Å². The van der Waals surface area contributed by atoms with E-state index >= 15 is 0 Å². The van der Waals surface area contributed by atoms with Crippen LogP contribution < -0.4 is 5.73 Å². The number of aryl methyl sites for hydroxylation is 1. The number of likely N-dealkylation sites (tertiary alicyclic amines) is 1. The van der Waals surface area contributed by atoms with Gasteiger partial charge in [-0.15, -0.1) is 0 Å². The lowest BCUT2D eigenvalue weighted by molar-refractivity contribution is 0.0116. The predicted molar refractivity (Wildman–Crippen MR) is 71.4 cm³/mol. The van der Waals surface area contributed by atoms with E-state index in [9.17, 15) is 0 Å². The summed E-state index contributed by atoms with van der Waals surface area (Å²) >= 11 is 0. The van der Waals surface area contributed by atoms with Gasteiger partial charge in [0.25, 0.3) is 0 Å². The fourth-order valence-electron chi connectivity index (χ4n) is 2.43. The van der Waals surface area contributed by atoms with Crippen molar-refractivity contribution in [1.82, 2.24) is 14.5 Å². The van der Waals surface area contributed by atoms with Crippen LogP contribution in [0.15, 0.2) is 12.4 Å². The van der Waals surface area contributed by atoms with Gasteiger partial charge in [-0.3, -0.25) is 0 Å². The van der Waals surface area contributed by atoms with E-state index in [1.807, 2.05) is 12.4 Å². The first kappa shape index (κ1) is 13.5. The van der Waals surface area contributed by atoms with E-state index in [1.54, 1.807) is 0 Å². The molecule has 2 N–H and O–H groups in total. The molecule has 5 nitrogen and oxygen atoms in total. The van der Waals surface area contributed by atoms with Crippen LogP contribution in [0.4, 0.5) is 0 Å². The maximum absolute atomic E-state index is 5.68. The lowest BCUT2D eigenvalue weighted by atomic mass is 10.1. The van der Waals surface area contributed by atoms with Gasteiger partial charge in [0.15, 0.2) is 0 Å². The Morgan fingerprint density at radius 1 is 1.44 bits per heavy atom. The number of hydrogen-bond donors (Lipinski definition) is 1. The van der Waals surface area contributed by atoms with Gasteiger partial charge in [0.2, 0.25) is 0 Å². The number of hydrogen-bond acceptors (Lipinski definition) is 4. The highest BCUT2D eigenvalue weighted by molar-refractivity contribution is 4.92.